The van der Waals surface area contributed by atoms with Crippen LogP contribution in [0.3, 0.4) is 0 Å². The van der Waals surface area contributed by atoms with Crippen molar-refractivity contribution >= 4 is 11.6 Å². The van der Waals surface area contributed by atoms with Crippen LogP contribution in [0.25, 0.3) is 0 Å². The lowest BCUT2D eigenvalue weighted by Crippen LogP contribution is -3.19. The summed E-state index contributed by atoms with van der Waals surface area (Å²) < 4.78 is 5.26. The van der Waals surface area contributed by atoms with E-state index in [9.17, 15) is 4.79 Å². The van der Waals surface area contributed by atoms with Crippen molar-refractivity contribution in [1.82, 2.24) is 4.90 Å². The molecule has 1 fully saturated rings. The first-order valence-electron chi connectivity index (χ1n) is 10.9. The standard InChI is InChI=1S/C25H35N3O2/c1-20(24(29)28(25(2,3)4)19-21-9-7-6-8-10-21)26-15-17-27(18-16-26)22-11-13-23(30-5)14-12-22/h6-14,20H,15-19H2,1-5H3/p+1/t20-/m1/s1. The van der Waals surface area contributed by atoms with E-state index in [1.54, 1.807) is 7.11 Å². The predicted octanol–water partition coefficient (Wildman–Crippen LogP) is 2.62. The van der Waals surface area contributed by atoms with Crippen molar-refractivity contribution in [3.05, 3.63) is 60.2 Å². The number of hydrogen-bond acceptors (Lipinski definition) is 3. The molecular weight excluding hydrogens is 374 g/mol. The van der Waals surface area contributed by atoms with Crippen LogP contribution in [-0.4, -0.2) is 55.7 Å². The second-order valence-corrected chi connectivity index (χ2v) is 9.15. The van der Waals surface area contributed by atoms with E-state index in [2.05, 4.69) is 56.9 Å². The van der Waals surface area contributed by atoms with E-state index < -0.39 is 0 Å². The van der Waals surface area contributed by atoms with Crippen LogP contribution in [0.1, 0.15) is 33.3 Å². The van der Waals surface area contributed by atoms with E-state index in [1.165, 1.54) is 16.2 Å². The van der Waals surface area contributed by atoms with Crippen LogP contribution in [0.5, 0.6) is 5.75 Å². The van der Waals surface area contributed by atoms with Crippen LogP contribution in [0.4, 0.5) is 5.69 Å². The molecule has 0 bridgehead atoms. The molecule has 1 saturated heterocycles. The normalized spacial score (nSPS) is 16.2. The lowest BCUT2D eigenvalue weighted by Gasteiger charge is -2.41. The fourth-order valence-electron chi connectivity index (χ4n) is 4.10. The van der Waals surface area contributed by atoms with Crippen molar-refractivity contribution < 1.29 is 14.4 Å². The number of methoxy groups -OCH3 is 1. The minimum Gasteiger partial charge on any atom is -0.497 e. The summed E-state index contributed by atoms with van der Waals surface area (Å²) in [5.74, 6) is 1.11. The summed E-state index contributed by atoms with van der Waals surface area (Å²) in [4.78, 5) is 19.3. The van der Waals surface area contributed by atoms with Gasteiger partial charge in [-0.25, -0.2) is 0 Å². The fourth-order valence-corrected chi connectivity index (χ4v) is 4.10. The Morgan fingerprint density at radius 1 is 1.07 bits per heavy atom. The van der Waals surface area contributed by atoms with Gasteiger partial charge in [-0.1, -0.05) is 30.3 Å². The van der Waals surface area contributed by atoms with Gasteiger partial charge in [-0.2, -0.15) is 0 Å². The fraction of sp³-hybridized carbons (Fsp3) is 0.480. The molecule has 2 aromatic rings. The first-order chi connectivity index (χ1) is 14.3. The highest BCUT2D eigenvalue weighted by Crippen LogP contribution is 2.20. The minimum atomic E-state index is -0.217. The molecule has 0 aliphatic carbocycles. The zero-order valence-electron chi connectivity index (χ0n) is 19.0. The molecule has 0 aromatic heterocycles. The predicted molar refractivity (Wildman–Crippen MR) is 122 cm³/mol. The molecule has 1 aliphatic rings. The van der Waals surface area contributed by atoms with E-state index in [-0.39, 0.29) is 17.5 Å². The molecule has 2 aromatic carbocycles. The molecule has 0 radical (unpaired) electrons. The van der Waals surface area contributed by atoms with Gasteiger partial charge in [-0.3, -0.25) is 4.79 Å². The van der Waals surface area contributed by atoms with Gasteiger partial charge in [0, 0.05) is 17.8 Å². The highest BCUT2D eigenvalue weighted by Gasteiger charge is 2.36. The second-order valence-electron chi connectivity index (χ2n) is 9.15. The van der Waals surface area contributed by atoms with E-state index in [0.29, 0.717) is 6.54 Å². The number of nitrogens with zero attached hydrogens (tertiary/aromatic N) is 2. The van der Waals surface area contributed by atoms with Gasteiger partial charge in [0.25, 0.3) is 5.91 Å². The molecule has 1 amide bonds. The van der Waals surface area contributed by atoms with Crippen molar-refractivity contribution in [1.29, 1.82) is 0 Å². The number of carbonyl (C=O) groups is 1. The molecule has 0 spiro atoms. The Bertz CT molecular complexity index is 807. The number of benzene rings is 2. The number of rotatable bonds is 6. The molecule has 1 aliphatic heterocycles. The van der Waals surface area contributed by atoms with Gasteiger partial charge in [-0.05, 0) is 57.5 Å². The van der Waals surface area contributed by atoms with Crippen LogP contribution >= 0.6 is 0 Å². The lowest BCUT2D eigenvalue weighted by atomic mass is 10.0. The number of carbonyl (C=O) groups excluding carboxylic acids is 1. The topological polar surface area (TPSA) is 37.2 Å². The molecule has 3 rings (SSSR count). The quantitative estimate of drug-likeness (QED) is 0.796. The summed E-state index contributed by atoms with van der Waals surface area (Å²) in [6.45, 7) is 12.9. The van der Waals surface area contributed by atoms with E-state index >= 15 is 0 Å². The van der Waals surface area contributed by atoms with E-state index in [0.717, 1.165) is 31.9 Å². The summed E-state index contributed by atoms with van der Waals surface area (Å²) in [6.07, 6.45) is 0. The Morgan fingerprint density at radius 3 is 2.20 bits per heavy atom. The Kier molecular flexibility index (Phi) is 7.03. The Balaban J connectivity index is 1.63. The second kappa shape index (κ2) is 9.52. The van der Waals surface area contributed by atoms with Crippen LogP contribution in [-0.2, 0) is 11.3 Å². The zero-order valence-corrected chi connectivity index (χ0v) is 19.0. The van der Waals surface area contributed by atoms with Gasteiger partial charge in [-0.15, -0.1) is 0 Å². The highest BCUT2D eigenvalue weighted by atomic mass is 16.5. The smallest absolute Gasteiger partial charge is 0.281 e. The molecule has 1 heterocycles. The van der Waals surface area contributed by atoms with Crippen LogP contribution < -0.4 is 14.5 Å². The maximum atomic E-state index is 13.5. The van der Waals surface area contributed by atoms with Crippen molar-refractivity contribution in [2.24, 2.45) is 0 Å². The molecule has 1 N–H and O–H groups in total. The van der Waals surface area contributed by atoms with E-state index in [4.69, 9.17) is 4.74 Å². The van der Waals surface area contributed by atoms with Gasteiger partial charge in [0.2, 0.25) is 0 Å². The maximum absolute atomic E-state index is 13.5. The summed E-state index contributed by atoms with van der Waals surface area (Å²) in [5, 5.41) is 0. The molecule has 5 heteroatoms. The summed E-state index contributed by atoms with van der Waals surface area (Å²) in [7, 11) is 1.69. The first kappa shape index (κ1) is 22.2. The van der Waals surface area contributed by atoms with Crippen molar-refractivity contribution in [3.63, 3.8) is 0 Å². The summed E-state index contributed by atoms with van der Waals surface area (Å²) >= 11 is 0. The number of nitrogens with one attached hydrogen (secondary N) is 1. The first-order valence-corrected chi connectivity index (χ1v) is 10.9. The number of piperazine rings is 1. The number of ether oxygens (including phenoxy) is 1. The third-order valence-corrected chi connectivity index (χ3v) is 6.09. The van der Waals surface area contributed by atoms with Crippen LogP contribution in [0, 0.1) is 0 Å². The zero-order chi connectivity index (χ0) is 21.7. The molecule has 5 nitrogen and oxygen atoms in total. The van der Waals surface area contributed by atoms with Crippen LogP contribution in [0.2, 0.25) is 0 Å². The van der Waals surface area contributed by atoms with Gasteiger partial charge in [0.05, 0.1) is 33.3 Å². The molecule has 162 valence electrons. The van der Waals surface area contributed by atoms with Gasteiger partial charge in [0.15, 0.2) is 6.04 Å². The summed E-state index contributed by atoms with van der Waals surface area (Å²) in [5.41, 5.74) is 2.17. The van der Waals surface area contributed by atoms with Gasteiger partial charge >= 0.3 is 0 Å². The lowest BCUT2D eigenvalue weighted by molar-refractivity contribution is -0.915. The number of hydrogen-bond donors (Lipinski definition) is 1. The number of amides is 1. The molecule has 1 atom stereocenters. The monoisotopic (exact) mass is 410 g/mol. The third-order valence-electron chi connectivity index (χ3n) is 6.09. The molecular formula is C25H36N3O2+. The van der Waals surface area contributed by atoms with Crippen molar-refractivity contribution in [3.8, 4) is 5.75 Å². The maximum Gasteiger partial charge on any atom is 0.281 e. The SMILES string of the molecule is COc1ccc(N2CC[NH+]([C@H](C)C(=O)N(Cc3ccccc3)C(C)(C)C)CC2)cc1. The largest absolute Gasteiger partial charge is 0.497 e. The highest BCUT2D eigenvalue weighted by molar-refractivity contribution is 5.81. The van der Waals surface area contributed by atoms with Crippen molar-refractivity contribution in [2.75, 3.05) is 38.2 Å². The van der Waals surface area contributed by atoms with Gasteiger partial charge < -0.3 is 19.4 Å². The average Bonchev–Trinajstić information content (AvgIpc) is 2.76. The Labute approximate surface area is 181 Å². The Morgan fingerprint density at radius 2 is 1.67 bits per heavy atom. The minimum absolute atomic E-state index is 0.0500. The molecule has 0 unspecified atom stereocenters. The van der Waals surface area contributed by atoms with E-state index in [1.807, 2.05) is 35.2 Å². The van der Waals surface area contributed by atoms with Crippen LogP contribution in [0.15, 0.2) is 54.6 Å². The average molecular weight is 411 g/mol. The molecule has 30 heavy (non-hydrogen) atoms. The van der Waals surface area contributed by atoms with Gasteiger partial charge in [0.1, 0.15) is 5.75 Å². The third kappa shape index (κ3) is 5.33. The van der Waals surface area contributed by atoms with Crippen molar-refractivity contribution in [2.45, 2.75) is 45.8 Å². The summed E-state index contributed by atoms with van der Waals surface area (Å²) in [6, 6.07) is 18.5. The number of anilines is 1. The Hall–Kier alpha value is -2.53. The molecule has 0 saturated carbocycles. The number of quaternary nitrogens is 1.